The van der Waals surface area contributed by atoms with E-state index in [4.69, 9.17) is 11.6 Å². The molecule has 0 unspecified atom stereocenters. The van der Waals surface area contributed by atoms with Crippen molar-refractivity contribution in [1.29, 1.82) is 0 Å². The van der Waals surface area contributed by atoms with E-state index in [2.05, 4.69) is 5.32 Å². The Bertz CT molecular complexity index is 1360. The molecular weight excluding hydrogens is 534 g/mol. The van der Waals surface area contributed by atoms with E-state index < -0.39 is 28.5 Å². The second-order valence-corrected chi connectivity index (χ2v) is 11.9. The van der Waals surface area contributed by atoms with Gasteiger partial charge in [0.1, 0.15) is 12.6 Å². The Morgan fingerprint density at radius 3 is 2.23 bits per heavy atom. The average Bonchev–Trinajstić information content (AvgIpc) is 2.92. The van der Waals surface area contributed by atoms with Crippen LogP contribution in [0, 0.1) is 6.92 Å². The van der Waals surface area contributed by atoms with Crippen molar-refractivity contribution in [3.05, 3.63) is 95.0 Å². The van der Waals surface area contributed by atoms with Gasteiger partial charge in [-0.05, 0) is 81.1 Å². The van der Waals surface area contributed by atoms with Crippen LogP contribution < -0.4 is 9.62 Å². The molecule has 3 aromatic rings. The third-order valence-electron chi connectivity index (χ3n) is 6.62. The number of aryl methyl sites for hydroxylation is 1. The Kier molecular flexibility index (Phi) is 10.5. The van der Waals surface area contributed by atoms with Gasteiger partial charge in [-0.1, -0.05) is 61.0 Å². The number of rotatable bonds is 12. The minimum atomic E-state index is -4.13. The molecule has 3 aromatic carbocycles. The molecular formula is C30H36ClN3O4S. The van der Waals surface area contributed by atoms with Crippen molar-refractivity contribution in [3.8, 4) is 0 Å². The van der Waals surface area contributed by atoms with E-state index in [0.717, 1.165) is 21.9 Å². The molecule has 0 saturated carbocycles. The second kappa shape index (κ2) is 13.6. The van der Waals surface area contributed by atoms with Crippen molar-refractivity contribution in [1.82, 2.24) is 10.2 Å². The van der Waals surface area contributed by atoms with Gasteiger partial charge in [-0.3, -0.25) is 13.9 Å². The largest absolute Gasteiger partial charge is 0.352 e. The molecule has 3 rings (SSSR count). The molecule has 0 aliphatic rings. The number of halogens is 1. The molecule has 7 nitrogen and oxygen atoms in total. The summed E-state index contributed by atoms with van der Waals surface area (Å²) in [7, 11) is -4.13. The third-order valence-corrected chi connectivity index (χ3v) is 8.66. The van der Waals surface area contributed by atoms with Crippen LogP contribution in [0.1, 0.15) is 38.3 Å². The molecule has 0 aliphatic heterocycles. The van der Waals surface area contributed by atoms with Crippen molar-refractivity contribution >= 4 is 39.1 Å². The van der Waals surface area contributed by atoms with Gasteiger partial charge in [0, 0.05) is 17.6 Å². The van der Waals surface area contributed by atoms with E-state index in [-0.39, 0.29) is 23.4 Å². The summed E-state index contributed by atoms with van der Waals surface area (Å²) in [5, 5.41) is 3.34. The molecule has 0 fully saturated rings. The number of anilines is 1. The van der Waals surface area contributed by atoms with Crippen LogP contribution in [0.2, 0.25) is 5.02 Å². The summed E-state index contributed by atoms with van der Waals surface area (Å²) in [4.78, 5) is 28.4. The first-order valence-corrected chi connectivity index (χ1v) is 14.8. The van der Waals surface area contributed by atoms with Gasteiger partial charge in [0.2, 0.25) is 11.8 Å². The normalized spacial score (nSPS) is 12.8. The Morgan fingerprint density at radius 2 is 1.62 bits per heavy atom. The molecule has 2 atom stereocenters. The van der Waals surface area contributed by atoms with E-state index in [1.165, 1.54) is 29.2 Å². The highest BCUT2D eigenvalue weighted by atomic mass is 35.5. The lowest BCUT2D eigenvalue weighted by Crippen LogP contribution is -2.53. The summed E-state index contributed by atoms with van der Waals surface area (Å²) in [6, 6.07) is 21.6. The van der Waals surface area contributed by atoms with Crippen molar-refractivity contribution in [2.75, 3.05) is 17.4 Å². The van der Waals surface area contributed by atoms with Crippen LogP contribution >= 0.6 is 11.6 Å². The van der Waals surface area contributed by atoms with E-state index in [1.807, 2.05) is 57.2 Å². The van der Waals surface area contributed by atoms with Crippen LogP contribution in [0.25, 0.3) is 0 Å². The minimum Gasteiger partial charge on any atom is -0.352 e. The SMILES string of the molecule is CC[C@H](C)NC(=O)[C@@H](C)N(CCc1ccccc1)C(=O)CN(c1cccc(C)c1)S(=O)(=O)c1ccc(Cl)cc1. The van der Waals surface area contributed by atoms with E-state index in [1.54, 1.807) is 25.1 Å². The maximum atomic E-state index is 13.9. The Morgan fingerprint density at radius 1 is 0.949 bits per heavy atom. The number of nitrogens with one attached hydrogen (secondary N) is 1. The Labute approximate surface area is 236 Å². The molecule has 0 aromatic heterocycles. The summed E-state index contributed by atoms with van der Waals surface area (Å²) in [6.45, 7) is 7.18. The third kappa shape index (κ3) is 8.07. The first-order chi connectivity index (χ1) is 18.5. The molecule has 9 heteroatoms. The zero-order valence-electron chi connectivity index (χ0n) is 22.8. The quantitative estimate of drug-likeness (QED) is 0.324. The smallest absolute Gasteiger partial charge is 0.264 e. The van der Waals surface area contributed by atoms with Crippen molar-refractivity contribution in [3.63, 3.8) is 0 Å². The number of carbonyl (C=O) groups is 2. The fourth-order valence-electron chi connectivity index (χ4n) is 4.08. The maximum Gasteiger partial charge on any atom is 0.264 e. The van der Waals surface area contributed by atoms with Crippen LogP contribution in [0.5, 0.6) is 0 Å². The van der Waals surface area contributed by atoms with Gasteiger partial charge in [0.25, 0.3) is 10.0 Å². The summed E-state index contributed by atoms with van der Waals surface area (Å²) >= 11 is 5.99. The van der Waals surface area contributed by atoms with Crippen LogP contribution in [-0.4, -0.2) is 50.3 Å². The van der Waals surface area contributed by atoms with Gasteiger partial charge in [0.05, 0.1) is 10.6 Å². The minimum absolute atomic E-state index is 0.0135. The first kappa shape index (κ1) is 30.2. The number of sulfonamides is 1. The monoisotopic (exact) mass is 569 g/mol. The first-order valence-electron chi connectivity index (χ1n) is 13.0. The number of amides is 2. The fraction of sp³-hybridized carbons (Fsp3) is 0.333. The number of hydrogen-bond donors (Lipinski definition) is 1. The van der Waals surface area contributed by atoms with Crippen LogP contribution in [0.4, 0.5) is 5.69 Å². The predicted octanol–water partition coefficient (Wildman–Crippen LogP) is 5.22. The fourth-order valence-corrected chi connectivity index (χ4v) is 5.61. The van der Waals surface area contributed by atoms with Gasteiger partial charge in [0.15, 0.2) is 0 Å². The molecule has 0 spiro atoms. The molecule has 0 aliphatic carbocycles. The molecule has 1 N–H and O–H groups in total. The summed E-state index contributed by atoms with van der Waals surface area (Å²) < 4.78 is 28.7. The standard InChI is InChI=1S/C30H36ClN3O4S/c1-5-23(3)32-30(36)24(4)33(19-18-25-11-7-6-8-12-25)29(35)21-34(27-13-9-10-22(2)20-27)39(37,38)28-16-14-26(31)15-17-28/h6-17,20,23-24H,5,18-19,21H2,1-4H3,(H,32,36)/t23-,24+/m0/s1. The van der Waals surface area contributed by atoms with E-state index >= 15 is 0 Å². The predicted molar refractivity (Wildman–Crippen MR) is 156 cm³/mol. The lowest BCUT2D eigenvalue weighted by molar-refractivity contribution is -0.139. The molecule has 39 heavy (non-hydrogen) atoms. The summed E-state index contributed by atoms with van der Waals surface area (Å²) in [6.07, 6.45) is 1.26. The molecule has 0 bridgehead atoms. The summed E-state index contributed by atoms with van der Waals surface area (Å²) in [5.41, 5.74) is 2.21. The zero-order chi connectivity index (χ0) is 28.6. The topological polar surface area (TPSA) is 86.8 Å². The highest BCUT2D eigenvalue weighted by molar-refractivity contribution is 7.92. The molecule has 208 valence electrons. The van der Waals surface area contributed by atoms with E-state index in [0.29, 0.717) is 17.1 Å². The van der Waals surface area contributed by atoms with Gasteiger partial charge < -0.3 is 10.2 Å². The lowest BCUT2D eigenvalue weighted by Gasteiger charge is -2.32. The zero-order valence-corrected chi connectivity index (χ0v) is 24.4. The second-order valence-electron chi connectivity index (χ2n) is 9.62. The van der Waals surface area contributed by atoms with Crippen LogP contribution in [-0.2, 0) is 26.0 Å². The van der Waals surface area contributed by atoms with Gasteiger partial charge >= 0.3 is 0 Å². The van der Waals surface area contributed by atoms with Crippen molar-refractivity contribution < 1.29 is 18.0 Å². The van der Waals surface area contributed by atoms with E-state index in [9.17, 15) is 18.0 Å². The maximum absolute atomic E-state index is 13.9. The molecule has 2 amide bonds. The van der Waals surface area contributed by atoms with Crippen molar-refractivity contribution in [2.24, 2.45) is 0 Å². The lowest BCUT2D eigenvalue weighted by atomic mass is 10.1. The highest BCUT2D eigenvalue weighted by Crippen LogP contribution is 2.26. The number of nitrogens with zero attached hydrogens (tertiary/aromatic N) is 2. The van der Waals surface area contributed by atoms with Crippen LogP contribution in [0.3, 0.4) is 0 Å². The highest BCUT2D eigenvalue weighted by Gasteiger charge is 2.32. The molecule has 0 saturated heterocycles. The van der Waals surface area contributed by atoms with Gasteiger partial charge in [-0.2, -0.15) is 0 Å². The summed E-state index contributed by atoms with van der Waals surface area (Å²) in [5.74, 6) is -0.759. The van der Waals surface area contributed by atoms with Crippen LogP contribution in [0.15, 0.2) is 83.8 Å². The van der Waals surface area contributed by atoms with Gasteiger partial charge in [-0.25, -0.2) is 8.42 Å². The number of benzene rings is 3. The average molecular weight is 570 g/mol. The Balaban J connectivity index is 1.97. The number of hydrogen-bond acceptors (Lipinski definition) is 4. The molecule has 0 heterocycles. The Hall–Kier alpha value is -3.36. The van der Waals surface area contributed by atoms with Gasteiger partial charge in [-0.15, -0.1) is 0 Å². The number of carbonyl (C=O) groups excluding carboxylic acids is 2. The van der Waals surface area contributed by atoms with Crippen molar-refractivity contribution in [2.45, 2.75) is 57.5 Å². The molecule has 0 radical (unpaired) electrons.